The van der Waals surface area contributed by atoms with Gasteiger partial charge in [0.25, 0.3) is 5.91 Å². The van der Waals surface area contributed by atoms with Crippen LogP contribution >= 0.6 is 11.8 Å². The molecule has 0 aromatic heterocycles. The van der Waals surface area contributed by atoms with E-state index in [0.29, 0.717) is 12.3 Å². The van der Waals surface area contributed by atoms with Gasteiger partial charge in [0.1, 0.15) is 5.75 Å². The minimum absolute atomic E-state index is 0.0392. The molecule has 0 aliphatic rings. The van der Waals surface area contributed by atoms with Crippen molar-refractivity contribution in [3.05, 3.63) is 54.6 Å². The number of anilines is 1. The number of amides is 1. The second-order valence-electron chi connectivity index (χ2n) is 4.85. The Bertz CT molecular complexity index is 598. The zero-order valence-corrected chi connectivity index (χ0v) is 14.0. The molecule has 0 aliphatic heterocycles. The van der Waals surface area contributed by atoms with Crippen LogP contribution in [-0.2, 0) is 4.79 Å². The third kappa shape index (κ3) is 4.04. The molecule has 0 aliphatic carbocycles. The lowest BCUT2D eigenvalue weighted by atomic mass is 10.2. The average molecular weight is 315 g/mol. The molecule has 1 unspecified atom stereocenters. The van der Waals surface area contributed by atoms with Crippen LogP contribution in [0, 0.1) is 0 Å². The first-order valence-electron chi connectivity index (χ1n) is 7.32. The summed E-state index contributed by atoms with van der Waals surface area (Å²) in [6.45, 7) is 4.36. The van der Waals surface area contributed by atoms with E-state index >= 15 is 0 Å². The Balaban J connectivity index is 2.06. The highest BCUT2D eigenvalue weighted by Gasteiger charge is 2.22. The van der Waals surface area contributed by atoms with Crippen LogP contribution in [0.5, 0.6) is 5.75 Å². The number of carbonyl (C=O) groups excluding carboxylic acids is 1. The van der Waals surface area contributed by atoms with Crippen LogP contribution in [-0.4, -0.2) is 24.8 Å². The summed E-state index contributed by atoms with van der Waals surface area (Å²) in [5.41, 5.74) is 0.892. The summed E-state index contributed by atoms with van der Waals surface area (Å²) in [5.74, 6) is 0.672. The Morgan fingerprint density at radius 2 is 1.77 bits per heavy atom. The normalized spacial score (nSPS) is 11.8. The molecule has 3 nitrogen and oxygen atoms in total. The van der Waals surface area contributed by atoms with E-state index < -0.39 is 6.10 Å². The molecule has 2 rings (SSSR count). The van der Waals surface area contributed by atoms with Crippen molar-refractivity contribution in [2.75, 3.05) is 17.7 Å². The zero-order chi connectivity index (χ0) is 15.9. The monoisotopic (exact) mass is 315 g/mol. The highest BCUT2D eigenvalue weighted by Crippen LogP contribution is 2.21. The summed E-state index contributed by atoms with van der Waals surface area (Å²) in [4.78, 5) is 15.5. The molecule has 2 aromatic carbocycles. The van der Waals surface area contributed by atoms with Gasteiger partial charge in [0.05, 0.1) is 0 Å². The predicted molar refractivity (Wildman–Crippen MR) is 92.8 cm³/mol. The zero-order valence-electron chi connectivity index (χ0n) is 13.2. The lowest BCUT2D eigenvalue weighted by molar-refractivity contribution is -0.124. The molecule has 0 spiro atoms. The quantitative estimate of drug-likeness (QED) is 0.747. The van der Waals surface area contributed by atoms with E-state index in [2.05, 4.69) is 0 Å². The second kappa shape index (κ2) is 7.90. The number of thioether (sulfide) groups is 1. The molecule has 0 saturated heterocycles. The summed E-state index contributed by atoms with van der Waals surface area (Å²) in [5, 5.41) is 0. The Morgan fingerprint density at radius 3 is 2.32 bits per heavy atom. The predicted octanol–water partition coefficient (Wildman–Crippen LogP) is 4.23. The maximum atomic E-state index is 12.6. The van der Waals surface area contributed by atoms with Crippen LogP contribution in [0.3, 0.4) is 0 Å². The molecule has 0 heterocycles. The second-order valence-corrected chi connectivity index (χ2v) is 5.73. The van der Waals surface area contributed by atoms with Crippen molar-refractivity contribution < 1.29 is 9.53 Å². The Kier molecular flexibility index (Phi) is 5.90. The summed E-state index contributed by atoms with van der Waals surface area (Å²) in [7, 11) is 0. The molecule has 1 atom stereocenters. The summed E-state index contributed by atoms with van der Waals surface area (Å²) >= 11 is 1.68. The largest absolute Gasteiger partial charge is 0.481 e. The molecule has 22 heavy (non-hydrogen) atoms. The van der Waals surface area contributed by atoms with Gasteiger partial charge in [-0.1, -0.05) is 18.2 Å². The van der Waals surface area contributed by atoms with Gasteiger partial charge in [0, 0.05) is 17.1 Å². The lowest BCUT2D eigenvalue weighted by Gasteiger charge is -2.25. The fraction of sp³-hybridized carbons (Fsp3) is 0.278. The van der Waals surface area contributed by atoms with Crippen molar-refractivity contribution in [2.45, 2.75) is 24.8 Å². The molecular formula is C18H21NO2S. The number of rotatable bonds is 6. The number of carbonyl (C=O) groups is 1. The van der Waals surface area contributed by atoms with Gasteiger partial charge in [-0.15, -0.1) is 11.8 Å². The maximum absolute atomic E-state index is 12.6. The van der Waals surface area contributed by atoms with Crippen molar-refractivity contribution >= 4 is 23.4 Å². The lowest BCUT2D eigenvalue weighted by Crippen LogP contribution is -2.40. The van der Waals surface area contributed by atoms with Gasteiger partial charge in [0.2, 0.25) is 0 Å². The number of nitrogens with zero attached hydrogens (tertiary/aromatic N) is 1. The van der Waals surface area contributed by atoms with Crippen LogP contribution < -0.4 is 9.64 Å². The molecular weight excluding hydrogens is 294 g/mol. The van der Waals surface area contributed by atoms with E-state index in [1.54, 1.807) is 23.6 Å². The molecule has 2 aromatic rings. The summed E-state index contributed by atoms with van der Waals surface area (Å²) in [6, 6.07) is 17.4. The molecule has 4 heteroatoms. The first-order chi connectivity index (χ1) is 10.7. The molecule has 0 saturated carbocycles. The van der Waals surface area contributed by atoms with Crippen molar-refractivity contribution in [1.29, 1.82) is 0 Å². The van der Waals surface area contributed by atoms with Gasteiger partial charge in [0.15, 0.2) is 6.10 Å². The van der Waals surface area contributed by atoms with E-state index in [0.717, 1.165) is 5.69 Å². The molecule has 116 valence electrons. The summed E-state index contributed by atoms with van der Waals surface area (Å²) < 4.78 is 5.78. The first-order valence-corrected chi connectivity index (χ1v) is 8.55. The van der Waals surface area contributed by atoms with Gasteiger partial charge in [-0.3, -0.25) is 4.79 Å². The molecule has 0 N–H and O–H groups in total. The third-order valence-electron chi connectivity index (χ3n) is 3.37. The minimum atomic E-state index is -0.528. The van der Waals surface area contributed by atoms with Crippen LogP contribution in [0.2, 0.25) is 0 Å². The van der Waals surface area contributed by atoms with Gasteiger partial charge in [-0.05, 0) is 56.5 Å². The van der Waals surface area contributed by atoms with E-state index in [1.807, 2.05) is 67.8 Å². The van der Waals surface area contributed by atoms with E-state index in [1.165, 1.54) is 4.90 Å². The standard InChI is InChI=1S/C18H21NO2S/c1-4-19(15-8-6-5-7-9-15)18(20)14(2)21-16-10-12-17(22-3)13-11-16/h5-14H,4H2,1-3H3. The topological polar surface area (TPSA) is 29.5 Å². The molecule has 0 radical (unpaired) electrons. The van der Waals surface area contributed by atoms with E-state index in [9.17, 15) is 4.79 Å². The van der Waals surface area contributed by atoms with Gasteiger partial charge >= 0.3 is 0 Å². The van der Waals surface area contributed by atoms with Gasteiger partial charge in [-0.25, -0.2) is 0 Å². The number of hydrogen-bond donors (Lipinski definition) is 0. The third-order valence-corrected chi connectivity index (χ3v) is 4.11. The van der Waals surface area contributed by atoms with E-state index in [4.69, 9.17) is 4.74 Å². The molecule has 1 amide bonds. The van der Waals surface area contributed by atoms with Crippen LogP contribution in [0.25, 0.3) is 0 Å². The molecule has 0 fully saturated rings. The number of likely N-dealkylation sites (N-methyl/N-ethyl adjacent to an activating group) is 1. The number of para-hydroxylation sites is 1. The summed E-state index contributed by atoms with van der Waals surface area (Å²) in [6.07, 6.45) is 1.50. The number of ether oxygens (including phenoxy) is 1. The Labute approximate surface area is 136 Å². The van der Waals surface area contributed by atoms with Gasteiger partial charge in [-0.2, -0.15) is 0 Å². The number of hydrogen-bond acceptors (Lipinski definition) is 3. The Morgan fingerprint density at radius 1 is 1.14 bits per heavy atom. The average Bonchev–Trinajstić information content (AvgIpc) is 2.57. The number of benzene rings is 2. The van der Waals surface area contributed by atoms with Crippen molar-refractivity contribution in [2.24, 2.45) is 0 Å². The maximum Gasteiger partial charge on any atom is 0.267 e. The molecule has 0 bridgehead atoms. The van der Waals surface area contributed by atoms with Crippen LogP contribution in [0.1, 0.15) is 13.8 Å². The fourth-order valence-electron chi connectivity index (χ4n) is 2.20. The SMILES string of the molecule is CCN(C(=O)C(C)Oc1ccc(SC)cc1)c1ccccc1. The first kappa shape index (κ1) is 16.4. The van der Waals surface area contributed by atoms with Crippen molar-refractivity contribution in [1.82, 2.24) is 0 Å². The van der Waals surface area contributed by atoms with Crippen LogP contribution in [0.15, 0.2) is 59.5 Å². The van der Waals surface area contributed by atoms with E-state index in [-0.39, 0.29) is 5.91 Å². The van der Waals surface area contributed by atoms with Crippen LogP contribution in [0.4, 0.5) is 5.69 Å². The minimum Gasteiger partial charge on any atom is -0.481 e. The highest BCUT2D eigenvalue weighted by atomic mass is 32.2. The Hall–Kier alpha value is -1.94. The smallest absolute Gasteiger partial charge is 0.267 e. The van der Waals surface area contributed by atoms with Gasteiger partial charge < -0.3 is 9.64 Å². The van der Waals surface area contributed by atoms with Crippen molar-refractivity contribution in [3.63, 3.8) is 0 Å². The van der Waals surface area contributed by atoms with Crippen molar-refractivity contribution in [3.8, 4) is 5.75 Å². The fourth-order valence-corrected chi connectivity index (χ4v) is 2.61. The highest BCUT2D eigenvalue weighted by molar-refractivity contribution is 7.98.